The molecule has 122 valence electrons. The Balaban J connectivity index is 2.94. The third-order valence-electron chi connectivity index (χ3n) is 3.08. The van der Waals surface area contributed by atoms with Crippen LogP contribution in [0, 0.1) is 0 Å². The van der Waals surface area contributed by atoms with Gasteiger partial charge in [0.2, 0.25) is 0 Å². The highest BCUT2D eigenvalue weighted by atomic mass is 35.5. The molecule has 22 heavy (non-hydrogen) atoms. The summed E-state index contributed by atoms with van der Waals surface area (Å²) in [6.07, 6.45) is 0.185. The quantitative estimate of drug-likeness (QED) is 0.685. The number of carbonyl (C=O) groups is 2. The molecule has 0 aliphatic heterocycles. The van der Waals surface area contributed by atoms with Crippen molar-refractivity contribution in [2.24, 2.45) is 0 Å². The van der Waals surface area contributed by atoms with Crippen LogP contribution in [0.3, 0.4) is 0 Å². The van der Waals surface area contributed by atoms with Crippen LogP contribution < -0.4 is 4.74 Å². The van der Waals surface area contributed by atoms with Crippen molar-refractivity contribution in [2.45, 2.75) is 32.6 Å². The first kappa shape index (κ1) is 18.3. The molecule has 0 N–H and O–H groups in total. The van der Waals surface area contributed by atoms with Crippen LogP contribution in [0.4, 0.5) is 0 Å². The van der Waals surface area contributed by atoms with E-state index in [0.717, 1.165) is 5.56 Å². The zero-order valence-corrected chi connectivity index (χ0v) is 13.8. The molecule has 0 unspecified atom stereocenters. The van der Waals surface area contributed by atoms with Gasteiger partial charge in [0, 0.05) is 5.92 Å². The molecule has 1 rings (SSSR count). The van der Waals surface area contributed by atoms with Gasteiger partial charge in [0.1, 0.15) is 5.75 Å². The van der Waals surface area contributed by atoms with Gasteiger partial charge in [0.15, 0.2) is 0 Å². The Labute approximate surface area is 135 Å². The van der Waals surface area contributed by atoms with E-state index in [-0.39, 0.29) is 30.7 Å². The summed E-state index contributed by atoms with van der Waals surface area (Å²) in [6, 6.07) is 5.19. The van der Waals surface area contributed by atoms with Gasteiger partial charge in [-0.1, -0.05) is 17.7 Å². The van der Waals surface area contributed by atoms with Gasteiger partial charge in [-0.2, -0.15) is 0 Å². The second-order valence-corrected chi connectivity index (χ2v) is 5.02. The van der Waals surface area contributed by atoms with Crippen molar-refractivity contribution < 1.29 is 23.8 Å². The number of benzene rings is 1. The predicted octanol–water partition coefficient (Wildman–Crippen LogP) is 3.34. The number of ether oxygens (including phenoxy) is 3. The summed E-state index contributed by atoms with van der Waals surface area (Å²) in [5, 5.41) is 0.428. The molecule has 1 aromatic carbocycles. The molecule has 0 atom stereocenters. The molecule has 0 aliphatic rings. The Morgan fingerprint density at radius 2 is 1.64 bits per heavy atom. The maximum absolute atomic E-state index is 11.7. The maximum Gasteiger partial charge on any atom is 0.306 e. The lowest BCUT2D eigenvalue weighted by atomic mass is 9.92. The number of hydrogen-bond acceptors (Lipinski definition) is 5. The van der Waals surface area contributed by atoms with Gasteiger partial charge in [-0.05, 0) is 31.5 Å². The van der Waals surface area contributed by atoms with Crippen LogP contribution in [0.1, 0.15) is 38.2 Å². The molecule has 0 amide bonds. The summed E-state index contributed by atoms with van der Waals surface area (Å²) >= 11 is 6.11. The van der Waals surface area contributed by atoms with Gasteiger partial charge < -0.3 is 14.2 Å². The maximum atomic E-state index is 11.7. The van der Waals surface area contributed by atoms with Crippen molar-refractivity contribution in [1.29, 1.82) is 0 Å². The zero-order valence-electron chi connectivity index (χ0n) is 13.1. The fourth-order valence-electron chi connectivity index (χ4n) is 2.09. The topological polar surface area (TPSA) is 61.8 Å². The second kappa shape index (κ2) is 9.30. The Hall–Kier alpha value is -1.75. The highest BCUT2D eigenvalue weighted by Crippen LogP contribution is 2.31. The molecule has 0 aromatic heterocycles. The van der Waals surface area contributed by atoms with Crippen molar-refractivity contribution >= 4 is 23.5 Å². The van der Waals surface area contributed by atoms with Crippen LogP contribution in [0.15, 0.2) is 18.2 Å². The minimum Gasteiger partial charge on any atom is -0.495 e. The van der Waals surface area contributed by atoms with Gasteiger partial charge in [-0.15, -0.1) is 0 Å². The molecule has 0 radical (unpaired) electrons. The Kier molecular flexibility index (Phi) is 7.74. The molecule has 0 fully saturated rings. The molecule has 1 aromatic rings. The van der Waals surface area contributed by atoms with E-state index < -0.39 is 0 Å². The SMILES string of the molecule is CCOC(=O)CC(CC(=O)OCC)c1ccc(OC)c(Cl)c1. The Morgan fingerprint density at radius 1 is 1.09 bits per heavy atom. The first-order valence-electron chi connectivity index (χ1n) is 7.16. The molecule has 5 nitrogen and oxygen atoms in total. The molecular weight excluding hydrogens is 308 g/mol. The summed E-state index contributed by atoms with van der Waals surface area (Å²) in [4.78, 5) is 23.5. The zero-order chi connectivity index (χ0) is 16.5. The number of hydrogen-bond donors (Lipinski definition) is 0. The first-order chi connectivity index (χ1) is 10.5. The molecule has 0 spiro atoms. The van der Waals surface area contributed by atoms with E-state index in [4.69, 9.17) is 25.8 Å². The number of halogens is 1. The fraction of sp³-hybridized carbons (Fsp3) is 0.500. The van der Waals surface area contributed by atoms with E-state index in [1.807, 2.05) is 0 Å². The van der Waals surface area contributed by atoms with Crippen molar-refractivity contribution in [1.82, 2.24) is 0 Å². The van der Waals surface area contributed by atoms with Crippen LogP contribution >= 0.6 is 11.6 Å². The summed E-state index contributed by atoms with van der Waals surface area (Å²) in [5.74, 6) is -0.523. The van der Waals surface area contributed by atoms with Gasteiger partial charge >= 0.3 is 11.9 Å². The summed E-state index contributed by atoms with van der Waals surface area (Å²) in [6.45, 7) is 4.08. The molecule has 0 saturated heterocycles. The van der Waals surface area contributed by atoms with Crippen LogP contribution in [-0.2, 0) is 19.1 Å². The van der Waals surface area contributed by atoms with Crippen molar-refractivity contribution in [3.63, 3.8) is 0 Å². The minimum absolute atomic E-state index is 0.0926. The summed E-state index contributed by atoms with van der Waals surface area (Å²) < 4.78 is 15.0. The van der Waals surface area contributed by atoms with Crippen molar-refractivity contribution in [3.8, 4) is 5.75 Å². The number of carbonyl (C=O) groups excluding carboxylic acids is 2. The minimum atomic E-state index is -0.358. The molecular formula is C16H21ClO5. The molecule has 0 aliphatic carbocycles. The van der Waals surface area contributed by atoms with E-state index >= 15 is 0 Å². The van der Waals surface area contributed by atoms with Gasteiger partial charge in [0.05, 0.1) is 38.2 Å². The highest BCUT2D eigenvalue weighted by Gasteiger charge is 2.22. The van der Waals surface area contributed by atoms with E-state index in [9.17, 15) is 9.59 Å². The lowest BCUT2D eigenvalue weighted by Crippen LogP contribution is -2.15. The molecule has 0 heterocycles. The van der Waals surface area contributed by atoms with E-state index in [1.54, 1.807) is 32.0 Å². The van der Waals surface area contributed by atoms with Gasteiger partial charge in [-0.3, -0.25) is 9.59 Å². The van der Waals surface area contributed by atoms with Crippen LogP contribution in [0.2, 0.25) is 5.02 Å². The molecule has 0 bridgehead atoms. The number of esters is 2. The average Bonchev–Trinajstić information content (AvgIpc) is 2.47. The van der Waals surface area contributed by atoms with Crippen LogP contribution in [0.5, 0.6) is 5.75 Å². The Morgan fingerprint density at radius 3 is 2.05 bits per heavy atom. The molecule has 6 heteroatoms. The van der Waals surface area contributed by atoms with E-state index in [1.165, 1.54) is 7.11 Å². The lowest BCUT2D eigenvalue weighted by molar-refractivity contribution is -0.145. The number of rotatable bonds is 8. The summed E-state index contributed by atoms with van der Waals surface area (Å²) in [7, 11) is 1.52. The largest absolute Gasteiger partial charge is 0.495 e. The average molecular weight is 329 g/mol. The van der Waals surface area contributed by atoms with Gasteiger partial charge in [-0.25, -0.2) is 0 Å². The third-order valence-corrected chi connectivity index (χ3v) is 3.38. The van der Waals surface area contributed by atoms with Crippen LogP contribution in [0.25, 0.3) is 0 Å². The normalized spacial score (nSPS) is 10.4. The molecule has 0 saturated carbocycles. The van der Waals surface area contributed by atoms with Crippen molar-refractivity contribution in [2.75, 3.05) is 20.3 Å². The van der Waals surface area contributed by atoms with E-state index in [0.29, 0.717) is 24.0 Å². The van der Waals surface area contributed by atoms with Gasteiger partial charge in [0.25, 0.3) is 0 Å². The van der Waals surface area contributed by atoms with E-state index in [2.05, 4.69) is 0 Å². The predicted molar refractivity (Wildman–Crippen MR) is 83.2 cm³/mol. The van der Waals surface area contributed by atoms with Crippen molar-refractivity contribution in [3.05, 3.63) is 28.8 Å². The summed E-state index contributed by atoms with van der Waals surface area (Å²) in [5.41, 5.74) is 0.770. The standard InChI is InChI=1S/C16H21ClO5/c1-4-21-15(18)9-12(10-16(19)22-5-2)11-6-7-14(20-3)13(17)8-11/h6-8,12H,4-5,9-10H2,1-3H3. The second-order valence-electron chi connectivity index (χ2n) is 4.61. The first-order valence-corrected chi connectivity index (χ1v) is 7.54. The monoisotopic (exact) mass is 328 g/mol. The smallest absolute Gasteiger partial charge is 0.306 e. The number of methoxy groups -OCH3 is 1. The lowest BCUT2D eigenvalue weighted by Gasteiger charge is -2.17. The highest BCUT2D eigenvalue weighted by molar-refractivity contribution is 6.32. The Bertz CT molecular complexity index is 495. The fourth-order valence-corrected chi connectivity index (χ4v) is 2.35. The third kappa shape index (κ3) is 5.56. The van der Waals surface area contributed by atoms with Crippen LogP contribution in [-0.4, -0.2) is 32.3 Å².